The number of fused-ring (bicyclic) bond motifs is 4. The molecule has 178 valence electrons. The van der Waals surface area contributed by atoms with Crippen molar-refractivity contribution in [1.29, 1.82) is 0 Å². The molecule has 2 atom stereocenters. The van der Waals surface area contributed by atoms with E-state index in [0.29, 0.717) is 23.6 Å². The van der Waals surface area contributed by atoms with Crippen molar-refractivity contribution >= 4 is 17.2 Å². The molecule has 1 unspecified atom stereocenters. The number of anilines is 3. The third-order valence-corrected chi connectivity index (χ3v) is 6.46. The molecule has 0 saturated carbocycles. The Hall–Kier alpha value is -3.30. The fourth-order valence-electron chi connectivity index (χ4n) is 4.74. The lowest BCUT2D eigenvalue weighted by molar-refractivity contribution is -0.137. The van der Waals surface area contributed by atoms with Crippen LogP contribution in [0.5, 0.6) is 0 Å². The smallest absolute Gasteiger partial charge is 0.366 e. The summed E-state index contributed by atoms with van der Waals surface area (Å²) in [6.45, 7) is 2.07. The SMILES string of the molecule is NCc1ccc(NC(O)N2c3nc(-c4cccc(C(F)(F)F)c4)ccc3N3CCC[C@H]2C3)cc1. The van der Waals surface area contributed by atoms with Gasteiger partial charge in [0.1, 0.15) is 0 Å². The van der Waals surface area contributed by atoms with Crippen LogP contribution in [-0.2, 0) is 12.7 Å². The summed E-state index contributed by atoms with van der Waals surface area (Å²) in [7, 11) is 0. The number of nitrogens with one attached hydrogen (secondary N) is 1. The van der Waals surface area contributed by atoms with Crippen LogP contribution in [0.25, 0.3) is 11.3 Å². The van der Waals surface area contributed by atoms with Gasteiger partial charge in [0.15, 0.2) is 5.82 Å². The van der Waals surface area contributed by atoms with Crippen molar-refractivity contribution in [2.45, 2.75) is 38.0 Å². The molecule has 2 aliphatic heterocycles. The largest absolute Gasteiger partial charge is 0.416 e. The van der Waals surface area contributed by atoms with Crippen molar-refractivity contribution in [3.05, 3.63) is 71.8 Å². The number of aliphatic hydroxyl groups is 1. The van der Waals surface area contributed by atoms with E-state index in [1.54, 1.807) is 12.1 Å². The van der Waals surface area contributed by atoms with Gasteiger partial charge in [-0.3, -0.25) is 0 Å². The average molecular weight is 470 g/mol. The van der Waals surface area contributed by atoms with Gasteiger partial charge in [-0.15, -0.1) is 0 Å². The standard InChI is InChI=1S/C25H26F3N5O/c26-25(27,28)18-4-1-3-17(13-18)21-10-11-22-23(31-21)33(20-5-2-12-32(22)15-20)24(34)30-19-8-6-16(14-29)7-9-19/h1,3-4,6-11,13,20,24,30,34H,2,5,12,14-15,29H2/t20-,24?/m0/s1. The molecule has 9 heteroatoms. The van der Waals surface area contributed by atoms with Crippen molar-refractivity contribution in [2.75, 3.05) is 28.2 Å². The first-order chi connectivity index (χ1) is 16.3. The number of rotatable bonds is 5. The molecule has 1 saturated heterocycles. The quantitative estimate of drug-likeness (QED) is 0.481. The zero-order valence-electron chi connectivity index (χ0n) is 18.5. The van der Waals surface area contributed by atoms with Crippen molar-refractivity contribution in [2.24, 2.45) is 5.73 Å². The molecule has 34 heavy (non-hydrogen) atoms. The first kappa shape index (κ1) is 22.5. The highest BCUT2D eigenvalue weighted by molar-refractivity contribution is 5.76. The molecule has 4 N–H and O–H groups in total. The Bertz CT molecular complexity index is 1170. The number of aliphatic hydroxyl groups excluding tert-OH is 1. The monoisotopic (exact) mass is 469 g/mol. The van der Waals surface area contributed by atoms with Crippen LogP contribution in [0.15, 0.2) is 60.7 Å². The number of benzene rings is 2. The molecule has 1 fully saturated rings. The van der Waals surface area contributed by atoms with Gasteiger partial charge in [0.05, 0.1) is 23.0 Å². The molecule has 2 aliphatic rings. The van der Waals surface area contributed by atoms with E-state index in [0.717, 1.165) is 55.0 Å². The van der Waals surface area contributed by atoms with E-state index >= 15 is 0 Å². The Kier molecular flexibility index (Phi) is 5.83. The summed E-state index contributed by atoms with van der Waals surface area (Å²) in [6, 6.07) is 16.3. The maximum absolute atomic E-state index is 13.3. The topological polar surface area (TPSA) is 77.6 Å². The minimum absolute atomic E-state index is 0.0244. The number of aromatic nitrogens is 1. The van der Waals surface area contributed by atoms with Crippen LogP contribution < -0.4 is 20.9 Å². The summed E-state index contributed by atoms with van der Waals surface area (Å²) >= 11 is 0. The van der Waals surface area contributed by atoms with Gasteiger partial charge in [-0.1, -0.05) is 24.3 Å². The highest BCUT2D eigenvalue weighted by atomic mass is 19.4. The number of halogens is 3. The molecular weight excluding hydrogens is 443 g/mol. The maximum atomic E-state index is 13.3. The van der Waals surface area contributed by atoms with Gasteiger partial charge >= 0.3 is 6.18 Å². The van der Waals surface area contributed by atoms with Gasteiger partial charge in [0, 0.05) is 30.9 Å². The van der Waals surface area contributed by atoms with Gasteiger partial charge < -0.3 is 26.0 Å². The third-order valence-electron chi connectivity index (χ3n) is 6.46. The fourth-order valence-corrected chi connectivity index (χ4v) is 4.74. The number of nitrogens with two attached hydrogens (primary N) is 1. The summed E-state index contributed by atoms with van der Waals surface area (Å²) in [4.78, 5) is 8.84. The molecule has 0 radical (unpaired) electrons. The van der Waals surface area contributed by atoms with Crippen LogP contribution in [-0.4, -0.2) is 35.6 Å². The zero-order chi connectivity index (χ0) is 23.9. The van der Waals surface area contributed by atoms with Gasteiger partial charge in [-0.05, 0) is 54.8 Å². The van der Waals surface area contributed by atoms with Gasteiger partial charge in [0.25, 0.3) is 0 Å². The summed E-state index contributed by atoms with van der Waals surface area (Å²) in [5.41, 5.74) is 8.34. The number of pyridine rings is 1. The van der Waals surface area contributed by atoms with E-state index in [-0.39, 0.29) is 6.04 Å². The Balaban J connectivity index is 1.51. The molecule has 3 aromatic rings. The minimum atomic E-state index is -4.43. The van der Waals surface area contributed by atoms with E-state index in [4.69, 9.17) is 10.7 Å². The Morgan fingerprint density at radius 2 is 1.91 bits per heavy atom. The average Bonchev–Trinajstić information content (AvgIpc) is 2.84. The van der Waals surface area contributed by atoms with E-state index in [9.17, 15) is 18.3 Å². The maximum Gasteiger partial charge on any atom is 0.416 e. The summed E-state index contributed by atoms with van der Waals surface area (Å²) < 4.78 is 39.8. The summed E-state index contributed by atoms with van der Waals surface area (Å²) in [5, 5.41) is 14.3. The van der Waals surface area contributed by atoms with Crippen LogP contribution in [0.2, 0.25) is 0 Å². The lowest BCUT2D eigenvalue weighted by Crippen LogP contribution is -2.58. The van der Waals surface area contributed by atoms with Gasteiger partial charge in [-0.2, -0.15) is 13.2 Å². The first-order valence-electron chi connectivity index (χ1n) is 11.3. The molecule has 5 rings (SSSR count). The van der Waals surface area contributed by atoms with Gasteiger partial charge in [-0.25, -0.2) is 4.98 Å². The Morgan fingerprint density at radius 1 is 1.12 bits per heavy atom. The molecule has 0 spiro atoms. The number of hydrogen-bond donors (Lipinski definition) is 3. The second-order valence-electron chi connectivity index (χ2n) is 8.69. The molecule has 2 aromatic carbocycles. The highest BCUT2D eigenvalue weighted by Crippen LogP contribution is 2.40. The van der Waals surface area contributed by atoms with Crippen molar-refractivity contribution in [3.63, 3.8) is 0 Å². The second kappa shape index (κ2) is 8.81. The van der Waals surface area contributed by atoms with E-state index < -0.39 is 18.1 Å². The van der Waals surface area contributed by atoms with Crippen LogP contribution in [0.3, 0.4) is 0 Å². The second-order valence-corrected chi connectivity index (χ2v) is 8.69. The van der Waals surface area contributed by atoms with Gasteiger partial charge in [0.2, 0.25) is 6.35 Å². The fraction of sp³-hybridized carbons (Fsp3) is 0.320. The van der Waals surface area contributed by atoms with E-state index in [2.05, 4.69) is 10.2 Å². The molecular formula is C25H26F3N5O. The molecule has 2 bridgehead atoms. The first-order valence-corrected chi connectivity index (χ1v) is 11.3. The molecule has 0 amide bonds. The van der Waals surface area contributed by atoms with E-state index in [1.165, 1.54) is 6.07 Å². The van der Waals surface area contributed by atoms with Crippen molar-refractivity contribution in [3.8, 4) is 11.3 Å². The lowest BCUT2D eigenvalue weighted by Gasteiger charge is -2.48. The predicted molar refractivity (Wildman–Crippen MR) is 126 cm³/mol. The normalized spacial score (nSPS) is 18.4. The predicted octanol–water partition coefficient (Wildman–Crippen LogP) is 4.40. The van der Waals surface area contributed by atoms with Crippen molar-refractivity contribution in [1.82, 2.24) is 4.98 Å². The molecule has 6 nitrogen and oxygen atoms in total. The lowest BCUT2D eigenvalue weighted by atomic mass is 9.99. The van der Waals surface area contributed by atoms with Crippen LogP contribution in [0.4, 0.5) is 30.4 Å². The molecule has 0 aliphatic carbocycles. The van der Waals surface area contributed by atoms with Crippen LogP contribution in [0, 0.1) is 0 Å². The number of nitrogens with zero attached hydrogens (tertiary/aromatic N) is 3. The molecule has 1 aromatic heterocycles. The minimum Gasteiger partial charge on any atom is -0.366 e. The van der Waals surface area contributed by atoms with E-state index in [1.807, 2.05) is 35.2 Å². The zero-order valence-corrected chi connectivity index (χ0v) is 18.5. The Morgan fingerprint density at radius 3 is 2.65 bits per heavy atom. The number of alkyl halides is 3. The van der Waals surface area contributed by atoms with Crippen molar-refractivity contribution < 1.29 is 18.3 Å². The third kappa shape index (κ3) is 4.28. The summed E-state index contributed by atoms with van der Waals surface area (Å²) in [5.74, 6) is 0.560. The van der Waals surface area contributed by atoms with Crippen LogP contribution in [0.1, 0.15) is 24.0 Å². The Labute approximate surface area is 195 Å². The van der Waals surface area contributed by atoms with Crippen LogP contribution >= 0.6 is 0 Å². The molecule has 3 heterocycles. The highest BCUT2D eigenvalue weighted by Gasteiger charge is 2.38. The number of hydrogen-bond acceptors (Lipinski definition) is 6. The number of piperidine rings is 1. The summed E-state index contributed by atoms with van der Waals surface area (Å²) in [6.07, 6.45) is -3.63.